The van der Waals surface area contributed by atoms with Crippen LogP contribution in [-0.4, -0.2) is 52.2 Å². The fourth-order valence-corrected chi connectivity index (χ4v) is 3.41. The molecule has 1 aliphatic heterocycles. The van der Waals surface area contributed by atoms with E-state index >= 15 is 0 Å². The number of piperazine rings is 1. The highest BCUT2D eigenvalue weighted by molar-refractivity contribution is 6.33. The third-order valence-corrected chi connectivity index (χ3v) is 5.01. The summed E-state index contributed by atoms with van der Waals surface area (Å²) in [7, 11) is 0. The summed E-state index contributed by atoms with van der Waals surface area (Å²) in [5.74, 6) is -0.242. The lowest BCUT2D eigenvalue weighted by molar-refractivity contribution is 0.0742. The molecule has 6 nitrogen and oxygen atoms in total. The number of carbonyl (C=O) groups is 1. The molecule has 0 bridgehead atoms. The molecule has 4 rings (SSSR count). The van der Waals surface area contributed by atoms with Gasteiger partial charge < -0.3 is 9.80 Å². The van der Waals surface area contributed by atoms with E-state index in [-0.39, 0.29) is 16.5 Å². The van der Waals surface area contributed by atoms with Gasteiger partial charge in [0, 0.05) is 44.1 Å². The highest BCUT2D eigenvalue weighted by Crippen LogP contribution is 2.23. The number of carbonyl (C=O) groups excluding carboxylic acids is 1. The second kappa shape index (κ2) is 7.90. The summed E-state index contributed by atoms with van der Waals surface area (Å²) in [5.41, 5.74) is 1.65. The van der Waals surface area contributed by atoms with Crippen LogP contribution >= 0.6 is 11.6 Å². The van der Waals surface area contributed by atoms with Crippen LogP contribution in [0.3, 0.4) is 0 Å². The number of benzene rings is 1. The Morgan fingerprint density at radius 2 is 1.71 bits per heavy atom. The quantitative estimate of drug-likeness (QED) is 0.678. The molecule has 0 atom stereocenters. The van der Waals surface area contributed by atoms with Gasteiger partial charge in [0.2, 0.25) is 0 Å². The van der Waals surface area contributed by atoms with Crippen molar-refractivity contribution in [2.45, 2.75) is 0 Å². The van der Waals surface area contributed by atoms with Crippen molar-refractivity contribution in [3.8, 4) is 11.3 Å². The normalized spacial score (nSPS) is 14.2. The van der Waals surface area contributed by atoms with Gasteiger partial charge in [-0.3, -0.25) is 9.78 Å². The molecular weight excluding hydrogens is 381 g/mol. The summed E-state index contributed by atoms with van der Waals surface area (Å²) in [4.78, 5) is 20.3. The van der Waals surface area contributed by atoms with Gasteiger partial charge in [-0.05, 0) is 36.4 Å². The van der Waals surface area contributed by atoms with E-state index in [1.54, 1.807) is 17.3 Å². The van der Waals surface area contributed by atoms with E-state index in [1.807, 2.05) is 24.3 Å². The standard InChI is InChI=1S/C20H17ClFN5O/c21-15-2-1-3-16(22)19(15)20(28)27-12-10-26(11-13-27)18-5-4-17(24-25-18)14-6-8-23-9-7-14/h1-9H,10-13H2. The van der Waals surface area contributed by atoms with Crippen molar-refractivity contribution in [3.63, 3.8) is 0 Å². The second-order valence-electron chi connectivity index (χ2n) is 6.39. The van der Waals surface area contributed by atoms with E-state index < -0.39 is 5.82 Å². The molecule has 3 heterocycles. The average Bonchev–Trinajstić information content (AvgIpc) is 2.74. The van der Waals surface area contributed by atoms with Crippen molar-refractivity contribution in [2.75, 3.05) is 31.1 Å². The number of aromatic nitrogens is 3. The molecule has 1 amide bonds. The first kappa shape index (κ1) is 18.3. The molecule has 0 aliphatic carbocycles. The predicted octanol–water partition coefficient (Wildman–Crippen LogP) is 3.29. The van der Waals surface area contributed by atoms with Crippen LogP contribution in [0.5, 0.6) is 0 Å². The molecule has 0 saturated carbocycles. The van der Waals surface area contributed by atoms with Gasteiger partial charge in [-0.15, -0.1) is 10.2 Å². The Bertz CT molecular complexity index is 955. The van der Waals surface area contributed by atoms with Crippen molar-refractivity contribution in [1.82, 2.24) is 20.1 Å². The SMILES string of the molecule is O=C(c1c(F)cccc1Cl)N1CCN(c2ccc(-c3ccncc3)nn2)CC1. The van der Waals surface area contributed by atoms with Crippen molar-refractivity contribution in [2.24, 2.45) is 0 Å². The zero-order chi connectivity index (χ0) is 19.5. The molecule has 2 aromatic heterocycles. The lowest BCUT2D eigenvalue weighted by Crippen LogP contribution is -2.49. The number of amides is 1. The predicted molar refractivity (Wildman–Crippen MR) is 105 cm³/mol. The zero-order valence-corrected chi connectivity index (χ0v) is 15.7. The number of hydrogen-bond donors (Lipinski definition) is 0. The van der Waals surface area contributed by atoms with Gasteiger partial charge in [0.1, 0.15) is 5.82 Å². The van der Waals surface area contributed by atoms with E-state index in [2.05, 4.69) is 20.1 Å². The molecule has 28 heavy (non-hydrogen) atoms. The van der Waals surface area contributed by atoms with Crippen LogP contribution < -0.4 is 4.90 Å². The highest BCUT2D eigenvalue weighted by Gasteiger charge is 2.26. The number of hydrogen-bond acceptors (Lipinski definition) is 5. The molecule has 1 aliphatic rings. The third-order valence-electron chi connectivity index (χ3n) is 4.69. The first-order valence-corrected chi connectivity index (χ1v) is 9.23. The van der Waals surface area contributed by atoms with Crippen LogP contribution in [0.2, 0.25) is 5.02 Å². The highest BCUT2D eigenvalue weighted by atomic mass is 35.5. The molecule has 0 N–H and O–H groups in total. The maximum Gasteiger partial charge on any atom is 0.258 e. The van der Waals surface area contributed by atoms with Crippen LogP contribution in [0, 0.1) is 5.82 Å². The van der Waals surface area contributed by atoms with E-state index in [9.17, 15) is 9.18 Å². The van der Waals surface area contributed by atoms with Crippen molar-refractivity contribution in [1.29, 1.82) is 0 Å². The lowest BCUT2D eigenvalue weighted by Gasteiger charge is -2.35. The van der Waals surface area contributed by atoms with Gasteiger partial charge in [-0.1, -0.05) is 17.7 Å². The minimum absolute atomic E-state index is 0.0703. The zero-order valence-electron chi connectivity index (χ0n) is 14.9. The Balaban J connectivity index is 1.42. The summed E-state index contributed by atoms with van der Waals surface area (Å²) >= 11 is 6.01. The molecule has 0 radical (unpaired) electrons. The fraction of sp³-hybridized carbons (Fsp3) is 0.200. The monoisotopic (exact) mass is 397 g/mol. The topological polar surface area (TPSA) is 62.2 Å². The summed E-state index contributed by atoms with van der Waals surface area (Å²) in [6.07, 6.45) is 3.42. The molecular formula is C20H17ClFN5O. The van der Waals surface area contributed by atoms with E-state index in [0.717, 1.165) is 17.1 Å². The minimum atomic E-state index is -0.600. The maximum atomic E-state index is 14.0. The van der Waals surface area contributed by atoms with E-state index in [4.69, 9.17) is 11.6 Å². The Labute approximate surface area is 166 Å². The van der Waals surface area contributed by atoms with Crippen molar-refractivity contribution < 1.29 is 9.18 Å². The molecule has 1 saturated heterocycles. The third kappa shape index (κ3) is 3.66. The van der Waals surface area contributed by atoms with Crippen LogP contribution in [0.25, 0.3) is 11.3 Å². The van der Waals surface area contributed by atoms with Crippen LogP contribution in [0.4, 0.5) is 10.2 Å². The molecule has 8 heteroatoms. The fourth-order valence-electron chi connectivity index (χ4n) is 3.17. The van der Waals surface area contributed by atoms with Crippen LogP contribution in [0.15, 0.2) is 54.9 Å². The van der Waals surface area contributed by atoms with Gasteiger partial charge in [0.25, 0.3) is 5.91 Å². The molecule has 142 valence electrons. The van der Waals surface area contributed by atoms with Crippen LogP contribution in [-0.2, 0) is 0 Å². The molecule has 1 aromatic carbocycles. The second-order valence-corrected chi connectivity index (χ2v) is 6.80. The number of rotatable bonds is 3. The van der Waals surface area contributed by atoms with Gasteiger partial charge in [0.05, 0.1) is 16.3 Å². The van der Waals surface area contributed by atoms with Gasteiger partial charge in [-0.25, -0.2) is 4.39 Å². The van der Waals surface area contributed by atoms with Gasteiger partial charge in [-0.2, -0.15) is 0 Å². The maximum absolute atomic E-state index is 14.0. The van der Waals surface area contributed by atoms with Crippen molar-refractivity contribution in [3.05, 3.63) is 71.3 Å². The molecule has 0 spiro atoms. The Morgan fingerprint density at radius 3 is 2.36 bits per heavy atom. The van der Waals surface area contributed by atoms with Gasteiger partial charge >= 0.3 is 0 Å². The summed E-state index contributed by atoms with van der Waals surface area (Å²) < 4.78 is 14.0. The average molecular weight is 398 g/mol. The van der Waals surface area contributed by atoms with E-state index in [1.165, 1.54) is 18.2 Å². The number of pyridine rings is 1. The smallest absolute Gasteiger partial charge is 0.258 e. The molecule has 0 unspecified atom stereocenters. The Morgan fingerprint density at radius 1 is 0.964 bits per heavy atom. The van der Waals surface area contributed by atoms with Crippen LogP contribution in [0.1, 0.15) is 10.4 Å². The Hall–Kier alpha value is -3.06. The number of anilines is 1. The first-order valence-electron chi connectivity index (χ1n) is 8.86. The minimum Gasteiger partial charge on any atom is -0.352 e. The molecule has 1 fully saturated rings. The largest absolute Gasteiger partial charge is 0.352 e. The van der Waals surface area contributed by atoms with E-state index in [0.29, 0.717) is 26.2 Å². The summed E-state index contributed by atoms with van der Waals surface area (Å²) in [6.45, 7) is 2.08. The summed E-state index contributed by atoms with van der Waals surface area (Å²) in [6, 6.07) is 11.8. The number of halogens is 2. The first-order chi connectivity index (χ1) is 13.6. The van der Waals surface area contributed by atoms with Gasteiger partial charge in [0.15, 0.2) is 5.82 Å². The lowest BCUT2D eigenvalue weighted by atomic mass is 10.1. The summed E-state index contributed by atoms with van der Waals surface area (Å²) in [5, 5.41) is 8.72. The van der Waals surface area contributed by atoms with Crippen molar-refractivity contribution >= 4 is 23.3 Å². The molecule has 3 aromatic rings. The number of nitrogens with zero attached hydrogens (tertiary/aromatic N) is 5. The Kier molecular flexibility index (Phi) is 5.16.